The van der Waals surface area contributed by atoms with Gasteiger partial charge < -0.3 is 20.7 Å². The molecular weight excluding hydrogens is 340 g/mol. The average Bonchev–Trinajstić information content (AvgIpc) is 2.71. The van der Waals surface area contributed by atoms with Crippen molar-refractivity contribution in [2.75, 3.05) is 33.3 Å². The number of aromatic nitrogens is 1. The minimum atomic E-state index is 0.00993. The van der Waals surface area contributed by atoms with Crippen LogP contribution in [0.15, 0.2) is 42.7 Å². The Morgan fingerprint density at radius 3 is 2.89 bits per heavy atom. The molecule has 144 valence electrons. The predicted molar refractivity (Wildman–Crippen MR) is 106 cm³/mol. The summed E-state index contributed by atoms with van der Waals surface area (Å²) < 4.78 is 5.88. The van der Waals surface area contributed by atoms with Crippen molar-refractivity contribution in [3.8, 4) is 5.75 Å². The van der Waals surface area contributed by atoms with Crippen molar-refractivity contribution in [1.82, 2.24) is 20.9 Å². The van der Waals surface area contributed by atoms with Crippen LogP contribution >= 0.6 is 0 Å². The fourth-order valence-corrected chi connectivity index (χ4v) is 3.30. The number of ether oxygens (including phenoxy) is 1. The van der Waals surface area contributed by atoms with Crippen molar-refractivity contribution >= 4 is 5.91 Å². The van der Waals surface area contributed by atoms with Gasteiger partial charge in [-0.3, -0.25) is 9.78 Å². The summed E-state index contributed by atoms with van der Waals surface area (Å²) in [4.78, 5) is 15.9. The van der Waals surface area contributed by atoms with Crippen molar-refractivity contribution < 1.29 is 9.53 Å². The van der Waals surface area contributed by atoms with Gasteiger partial charge in [0.05, 0.1) is 6.61 Å². The van der Waals surface area contributed by atoms with E-state index >= 15 is 0 Å². The summed E-state index contributed by atoms with van der Waals surface area (Å²) in [6.07, 6.45) is 6.47. The number of fused-ring (bicyclic) bond motifs is 1. The van der Waals surface area contributed by atoms with Crippen LogP contribution in [-0.2, 0) is 6.42 Å². The number of amides is 1. The topological polar surface area (TPSA) is 75.3 Å². The summed E-state index contributed by atoms with van der Waals surface area (Å²) >= 11 is 0. The van der Waals surface area contributed by atoms with Crippen molar-refractivity contribution in [3.63, 3.8) is 0 Å². The first-order chi connectivity index (χ1) is 13.3. The van der Waals surface area contributed by atoms with Gasteiger partial charge in [-0.25, -0.2) is 0 Å². The van der Waals surface area contributed by atoms with Gasteiger partial charge in [-0.1, -0.05) is 0 Å². The van der Waals surface area contributed by atoms with Crippen LogP contribution in [0, 0.1) is 0 Å². The Kier molecular flexibility index (Phi) is 7.19. The summed E-state index contributed by atoms with van der Waals surface area (Å²) in [5.74, 6) is 0.847. The van der Waals surface area contributed by atoms with Crippen molar-refractivity contribution in [2.45, 2.75) is 25.3 Å². The first kappa shape index (κ1) is 19.3. The lowest BCUT2D eigenvalue weighted by molar-refractivity contribution is 0.0946. The third-order valence-electron chi connectivity index (χ3n) is 4.77. The highest BCUT2D eigenvalue weighted by atomic mass is 16.5. The molecule has 0 saturated heterocycles. The van der Waals surface area contributed by atoms with Gasteiger partial charge in [-0.15, -0.1) is 0 Å². The molecule has 3 rings (SSSR count). The maximum Gasteiger partial charge on any atom is 0.251 e. The van der Waals surface area contributed by atoms with E-state index in [9.17, 15) is 4.79 Å². The molecular formula is C21H28N4O2. The smallest absolute Gasteiger partial charge is 0.251 e. The van der Waals surface area contributed by atoms with Gasteiger partial charge in [0.1, 0.15) is 5.75 Å². The van der Waals surface area contributed by atoms with Crippen LogP contribution < -0.4 is 20.7 Å². The Labute approximate surface area is 160 Å². The molecule has 0 spiro atoms. The van der Waals surface area contributed by atoms with Gasteiger partial charge in [0.25, 0.3) is 5.91 Å². The van der Waals surface area contributed by atoms with Crippen molar-refractivity contribution in [1.29, 1.82) is 0 Å². The van der Waals surface area contributed by atoms with E-state index < -0.39 is 0 Å². The van der Waals surface area contributed by atoms with Gasteiger partial charge in [0.15, 0.2) is 0 Å². The molecule has 6 nitrogen and oxygen atoms in total. The quantitative estimate of drug-likeness (QED) is 0.560. The minimum Gasteiger partial charge on any atom is -0.494 e. The third kappa shape index (κ3) is 5.52. The molecule has 0 saturated carbocycles. The summed E-state index contributed by atoms with van der Waals surface area (Å²) in [5.41, 5.74) is 3.09. The molecule has 1 aliphatic rings. The molecule has 0 fully saturated rings. The summed E-state index contributed by atoms with van der Waals surface area (Å²) in [7, 11) is 1.97. The fraction of sp³-hybridized carbons (Fsp3) is 0.429. The van der Waals surface area contributed by atoms with Crippen LogP contribution in [0.4, 0.5) is 0 Å². The van der Waals surface area contributed by atoms with Gasteiger partial charge in [0.2, 0.25) is 0 Å². The van der Waals surface area contributed by atoms with Crippen molar-refractivity contribution in [2.24, 2.45) is 0 Å². The van der Waals surface area contributed by atoms with Crippen LogP contribution in [0.5, 0.6) is 5.75 Å². The van der Waals surface area contributed by atoms with Crippen LogP contribution in [-0.4, -0.2) is 44.2 Å². The maximum absolute atomic E-state index is 11.8. The zero-order valence-corrected chi connectivity index (χ0v) is 15.8. The van der Waals surface area contributed by atoms with E-state index in [0.29, 0.717) is 19.2 Å². The molecule has 0 aliphatic carbocycles. The first-order valence-electron chi connectivity index (χ1n) is 9.60. The first-order valence-corrected chi connectivity index (χ1v) is 9.60. The van der Waals surface area contributed by atoms with Gasteiger partial charge in [-0.2, -0.15) is 0 Å². The normalized spacial score (nSPS) is 14.3. The third-order valence-corrected chi connectivity index (χ3v) is 4.77. The molecule has 1 aromatic heterocycles. The predicted octanol–water partition coefficient (Wildman–Crippen LogP) is 2.08. The van der Waals surface area contributed by atoms with Gasteiger partial charge in [-0.05, 0) is 80.9 Å². The number of pyridine rings is 1. The number of carbonyl (C=O) groups is 1. The Morgan fingerprint density at radius 2 is 2.07 bits per heavy atom. The Hall–Kier alpha value is -2.44. The Balaban J connectivity index is 1.44. The molecule has 1 unspecified atom stereocenters. The molecule has 1 aromatic carbocycles. The highest BCUT2D eigenvalue weighted by Gasteiger charge is 2.16. The molecule has 1 amide bonds. The van der Waals surface area contributed by atoms with Crippen LogP contribution in [0.1, 0.15) is 40.4 Å². The standard InChI is InChI=1S/C21H28N4O2/c1-22-10-8-20(16-5-11-23-12-6-16)24-9-2-14-27-18-3-4-19-17(15-18)7-13-25-21(19)26/h3-6,11-12,15,20,22,24H,2,7-10,13-14H2,1H3,(H,25,26). The summed E-state index contributed by atoms with van der Waals surface area (Å²) in [6, 6.07) is 10.2. The lowest BCUT2D eigenvalue weighted by Crippen LogP contribution is -2.31. The van der Waals surface area contributed by atoms with E-state index in [1.54, 1.807) is 0 Å². The second-order valence-corrected chi connectivity index (χ2v) is 6.71. The van der Waals surface area contributed by atoms with Crippen LogP contribution in [0.2, 0.25) is 0 Å². The molecule has 2 heterocycles. The molecule has 6 heteroatoms. The number of rotatable bonds is 10. The lowest BCUT2D eigenvalue weighted by atomic mass is 10.0. The van der Waals surface area contributed by atoms with Gasteiger partial charge in [0, 0.05) is 30.5 Å². The average molecular weight is 368 g/mol. The number of benzene rings is 1. The highest BCUT2D eigenvalue weighted by molar-refractivity contribution is 5.96. The molecule has 0 bridgehead atoms. The number of carbonyl (C=O) groups excluding carboxylic acids is 1. The van der Waals surface area contributed by atoms with E-state index in [4.69, 9.17) is 4.74 Å². The van der Waals surface area contributed by atoms with E-state index in [0.717, 1.165) is 49.2 Å². The Morgan fingerprint density at radius 1 is 1.22 bits per heavy atom. The monoisotopic (exact) mass is 368 g/mol. The minimum absolute atomic E-state index is 0.00993. The van der Waals surface area contributed by atoms with Crippen LogP contribution in [0.3, 0.4) is 0 Å². The van der Waals surface area contributed by atoms with E-state index in [1.165, 1.54) is 5.56 Å². The summed E-state index contributed by atoms with van der Waals surface area (Å²) in [6.45, 7) is 3.18. The lowest BCUT2D eigenvalue weighted by Gasteiger charge is -2.19. The zero-order chi connectivity index (χ0) is 18.9. The largest absolute Gasteiger partial charge is 0.494 e. The molecule has 1 atom stereocenters. The fourth-order valence-electron chi connectivity index (χ4n) is 3.30. The van der Waals surface area contributed by atoms with Gasteiger partial charge >= 0.3 is 0 Å². The Bertz CT molecular complexity index is 736. The second-order valence-electron chi connectivity index (χ2n) is 6.71. The van der Waals surface area contributed by atoms with Crippen molar-refractivity contribution in [3.05, 3.63) is 59.4 Å². The maximum atomic E-state index is 11.8. The number of hydrogen-bond donors (Lipinski definition) is 3. The summed E-state index contributed by atoms with van der Waals surface area (Å²) in [5, 5.41) is 9.68. The zero-order valence-electron chi connectivity index (χ0n) is 15.8. The molecule has 3 N–H and O–H groups in total. The molecule has 2 aromatic rings. The van der Waals surface area contributed by atoms with E-state index in [1.807, 2.05) is 37.6 Å². The second kappa shape index (κ2) is 10.0. The van der Waals surface area contributed by atoms with E-state index in [2.05, 4.69) is 33.1 Å². The molecule has 0 radical (unpaired) electrons. The van der Waals surface area contributed by atoms with Crippen LogP contribution in [0.25, 0.3) is 0 Å². The molecule has 27 heavy (non-hydrogen) atoms. The molecule has 1 aliphatic heterocycles. The SMILES string of the molecule is CNCCC(NCCCOc1ccc2c(c1)CCNC2=O)c1ccncc1. The number of nitrogens with zero attached hydrogens (tertiary/aromatic N) is 1. The number of hydrogen-bond acceptors (Lipinski definition) is 5. The van der Waals surface area contributed by atoms with E-state index in [-0.39, 0.29) is 5.91 Å². The highest BCUT2D eigenvalue weighted by Crippen LogP contribution is 2.21. The number of nitrogens with one attached hydrogen (secondary N) is 3.